The van der Waals surface area contributed by atoms with Crippen LogP contribution in [-0.4, -0.2) is 41.8 Å². The van der Waals surface area contributed by atoms with Crippen LogP contribution >= 0.6 is 0 Å². The van der Waals surface area contributed by atoms with E-state index in [4.69, 9.17) is 9.84 Å². The van der Waals surface area contributed by atoms with Crippen LogP contribution in [0.1, 0.15) is 49.7 Å². The van der Waals surface area contributed by atoms with Crippen molar-refractivity contribution < 1.29 is 24.2 Å². The van der Waals surface area contributed by atoms with Gasteiger partial charge in [-0.3, -0.25) is 4.79 Å². The molecule has 2 aromatic carbocycles. The van der Waals surface area contributed by atoms with E-state index in [9.17, 15) is 14.4 Å². The third-order valence-electron chi connectivity index (χ3n) is 6.49. The zero-order valence-electron chi connectivity index (χ0n) is 18.0. The molecule has 168 valence electrons. The Hall–Kier alpha value is -3.35. The van der Waals surface area contributed by atoms with Crippen molar-refractivity contribution in [1.29, 1.82) is 0 Å². The van der Waals surface area contributed by atoms with Gasteiger partial charge in [-0.2, -0.15) is 0 Å². The molecular weight excluding hydrogens is 408 g/mol. The molecular formula is C25H28N2O5. The van der Waals surface area contributed by atoms with Crippen molar-refractivity contribution in [3.05, 3.63) is 59.7 Å². The summed E-state index contributed by atoms with van der Waals surface area (Å²) >= 11 is 0. The van der Waals surface area contributed by atoms with Crippen LogP contribution in [0, 0.1) is 5.92 Å². The van der Waals surface area contributed by atoms with Gasteiger partial charge in [0.05, 0.1) is 0 Å². The first-order valence-corrected chi connectivity index (χ1v) is 11.1. The minimum Gasteiger partial charge on any atom is -0.480 e. The van der Waals surface area contributed by atoms with E-state index in [1.54, 1.807) is 6.92 Å². The van der Waals surface area contributed by atoms with Gasteiger partial charge < -0.3 is 20.5 Å². The molecule has 1 saturated carbocycles. The molecule has 2 aromatic rings. The molecule has 3 N–H and O–H groups in total. The fourth-order valence-corrected chi connectivity index (χ4v) is 4.79. The third kappa shape index (κ3) is 4.47. The average molecular weight is 437 g/mol. The molecule has 7 nitrogen and oxygen atoms in total. The summed E-state index contributed by atoms with van der Waals surface area (Å²) in [7, 11) is 0. The highest BCUT2D eigenvalue weighted by Gasteiger charge is 2.33. The maximum Gasteiger partial charge on any atom is 0.407 e. The summed E-state index contributed by atoms with van der Waals surface area (Å²) in [5, 5.41) is 14.6. The van der Waals surface area contributed by atoms with E-state index in [0.717, 1.165) is 11.1 Å². The van der Waals surface area contributed by atoms with Gasteiger partial charge in [-0.05, 0) is 47.9 Å². The Morgan fingerprint density at radius 3 is 2.25 bits per heavy atom. The zero-order chi connectivity index (χ0) is 22.7. The number of carbonyl (C=O) groups excluding carboxylic acids is 2. The highest BCUT2D eigenvalue weighted by atomic mass is 16.5. The molecule has 0 aromatic heterocycles. The molecule has 0 heterocycles. The fourth-order valence-electron chi connectivity index (χ4n) is 4.79. The van der Waals surface area contributed by atoms with E-state index < -0.39 is 18.1 Å². The van der Waals surface area contributed by atoms with Crippen molar-refractivity contribution >= 4 is 18.0 Å². The number of amides is 2. The smallest absolute Gasteiger partial charge is 0.407 e. The molecule has 0 spiro atoms. The van der Waals surface area contributed by atoms with E-state index in [1.165, 1.54) is 11.1 Å². The monoisotopic (exact) mass is 436 g/mol. The topological polar surface area (TPSA) is 105 Å². The Morgan fingerprint density at radius 2 is 1.66 bits per heavy atom. The van der Waals surface area contributed by atoms with Crippen molar-refractivity contribution in [3.8, 4) is 11.1 Å². The summed E-state index contributed by atoms with van der Waals surface area (Å²) in [5.74, 6) is -1.61. The molecule has 1 fully saturated rings. The van der Waals surface area contributed by atoms with Gasteiger partial charge in [-0.1, -0.05) is 55.5 Å². The first-order chi connectivity index (χ1) is 15.5. The quantitative estimate of drug-likeness (QED) is 0.614. The maximum absolute atomic E-state index is 12.5. The van der Waals surface area contributed by atoms with Gasteiger partial charge in [-0.25, -0.2) is 9.59 Å². The molecule has 0 bridgehead atoms. The Kier molecular flexibility index (Phi) is 6.44. The molecule has 2 amide bonds. The summed E-state index contributed by atoms with van der Waals surface area (Å²) in [5.41, 5.74) is 4.66. The van der Waals surface area contributed by atoms with E-state index in [0.29, 0.717) is 25.7 Å². The van der Waals surface area contributed by atoms with Gasteiger partial charge in [0.1, 0.15) is 12.6 Å². The van der Waals surface area contributed by atoms with Crippen LogP contribution in [0.4, 0.5) is 4.79 Å². The zero-order valence-corrected chi connectivity index (χ0v) is 18.0. The minimum atomic E-state index is -1.04. The van der Waals surface area contributed by atoms with Crippen LogP contribution in [0.5, 0.6) is 0 Å². The van der Waals surface area contributed by atoms with Crippen LogP contribution < -0.4 is 10.6 Å². The fraction of sp³-hybridized carbons (Fsp3) is 0.400. The van der Waals surface area contributed by atoms with Crippen molar-refractivity contribution in [2.24, 2.45) is 5.92 Å². The number of hydrogen-bond acceptors (Lipinski definition) is 4. The lowest BCUT2D eigenvalue weighted by atomic mass is 9.98. The number of fused-ring (bicyclic) bond motifs is 3. The summed E-state index contributed by atoms with van der Waals surface area (Å²) < 4.78 is 5.58. The van der Waals surface area contributed by atoms with Gasteiger partial charge >= 0.3 is 12.1 Å². The summed E-state index contributed by atoms with van der Waals surface area (Å²) in [6.07, 6.45) is 1.58. The maximum atomic E-state index is 12.5. The highest BCUT2D eigenvalue weighted by molar-refractivity contribution is 5.85. The molecule has 4 rings (SSSR count). The van der Waals surface area contributed by atoms with Gasteiger partial charge in [0.15, 0.2) is 0 Å². The highest BCUT2D eigenvalue weighted by Crippen LogP contribution is 2.44. The van der Waals surface area contributed by atoms with Crippen LogP contribution in [0.15, 0.2) is 48.5 Å². The Labute approximate surface area is 187 Å². The van der Waals surface area contributed by atoms with Gasteiger partial charge in [0.2, 0.25) is 5.91 Å². The third-order valence-corrected chi connectivity index (χ3v) is 6.49. The largest absolute Gasteiger partial charge is 0.480 e. The number of carboxylic acid groups (broad SMARTS) is 1. The van der Waals surface area contributed by atoms with Crippen LogP contribution in [-0.2, 0) is 14.3 Å². The molecule has 3 atom stereocenters. The standard InChI is InChI=1S/C25H28N2O5/c1-2-22(24(29)30)27-23(28)15-11-12-16(13-15)26-25(31)32-14-21-19-9-5-3-7-17(19)18-8-4-6-10-20(18)21/h3-10,15-16,21-22H,2,11-14H2,1H3,(H,26,31)(H,27,28)(H,29,30)/t15?,16?,22-/m1/s1. The van der Waals surface area contributed by atoms with E-state index >= 15 is 0 Å². The number of nitrogens with one attached hydrogen (secondary N) is 2. The lowest BCUT2D eigenvalue weighted by Crippen LogP contribution is -2.43. The Bertz CT molecular complexity index is 975. The predicted octanol–water partition coefficient (Wildman–Crippen LogP) is 3.67. The van der Waals surface area contributed by atoms with Crippen molar-refractivity contribution in [2.75, 3.05) is 6.61 Å². The second-order valence-electron chi connectivity index (χ2n) is 8.48. The number of aliphatic carboxylic acids is 1. The lowest BCUT2D eigenvalue weighted by Gasteiger charge is -2.18. The second kappa shape index (κ2) is 9.42. The SMILES string of the molecule is CC[C@@H](NC(=O)C1CCC(NC(=O)OCC2c3ccccc3-c3ccccc32)C1)C(=O)O. The van der Waals surface area contributed by atoms with Crippen molar-refractivity contribution in [3.63, 3.8) is 0 Å². The normalized spacial score (nSPS) is 20.2. The van der Waals surface area contributed by atoms with Crippen molar-refractivity contribution in [2.45, 2.75) is 50.6 Å². The molecule has 0 radical (unpaired) electrons. The van der Waals surface area contributed by atoms with Crippen LogP contribution in [0.3, 0.4) is 0 Å². The molecule has 0 aliphatic heterocycles. The van der Waals surface area contributed by atoms with E-state index in [1.807, 2.05) is 24.3 Å². The molecule has 2 aliphatic rings. The summed E-state index contributed by atoms with van der Waals surface area (Å²) in [6.45, 7) is 1.96. The van der Waals surface area contributed by atoms with Crippen LogP contribution in [0.2, 0.25) is 0 Å². The van der Waals surface area contributed by atoms with Gasteiger partial charge in [0.25, 0.3) is 0 Å². The lowest BCUT2D eigenvalue weighted by molar-refractivity contribution is -0.142. The number of ether oxygens (including phenoxy) is 1. The van der Waals surface area contributed by atoms with Gasteiger partial charge in [-0.15, -0.1) is 0 Å². The number of alkyl carbamates (subject to hydrolysis) is 1. The van der Waals surface area contributed by atoms with Gasteiger partial charge in [0, 0.05) is 17.9 Å². The molecule has 0 saturated heterocycles. The van der Waals surface area contributed by atoms with E-state index in [-0.39, 0.29) is 30.4 Å². The molecule has 2 unspecified atom stereocenters. The molecule has 7 heteroatoms. The average Bonchev–Trinajstić information content (AvgIpc) is 3.38. The molecule has 32 heavy (non-hydrogen) atoms. The predicted molar refractivity (Wildman–Crippen MR) is 119 cm³/mol. The number of carbonyl (C=O) groups is 3. The Balaban J connectivity index is 1.30. The first-order valence-electron chi connectivity index (χ1n) is 11.1. The number of rotatable bonds is 7. The van der Waals surface area contributed by atoms with Crippen molar-refractivity contribution in [1.82, 2.24) is 10.6 Å². The number of hydrogen-bond donors (Lipinski definition) is 3. The molecule has 2 aliphatic carbocycles. The van der Waals surface area contributed by atoms with Crippen LogP contribution in [0.25, 0.3) is 11.1 Å². The van der Waals surface area contributed by atoms with E-state index in [2.05, 4.69) is 34.9 Å². The minimum absolute atomic E-state index is 0.00255. The Morgan fingerprint density at radius 1 is 1.03 bits per heavy atom. The second-order valence-corrected chi connectivity index (χ2v) is 8.48. The summed E-state index contributed by atoms with van der Waals surface area (Å²) in [6, 6.07) is 15.3. The number of benzene rings is 2. The number of carboxylic acids is 1. The summed E-state index contributed by atoms with van der Waals surface area (Å²) in [4.78, 5) is 36.0. The first kappa shape index (κ1) is 21.9.